The molecule has 0 radical (unpaired) electrons. The Bertz CT molecular complexity index is 548. The van der Waals surface area contributed by atoms with E-state index >= 15 is 0 Å². The molecule has 0 aliphatic rings. The Kier molecular flexibility index (Phi) is 3.47. The number of aromatic nitrogens is 1. The lowest BCUT2D eigenvalue weighted by Gasteiger charge is -2.18. The summed E-state index contributed by atoms with van der Waals surface area (Å²) in [5.41, 5.74) is 2.18. The fourth-order valence-corrected chi connectivity index (χ4v) is 1.79. The van der Waals surface area contributed by atoms with E-state index in [-0.39, 0.29) is 11.2 Å². The van der Waals surface area contributed by atoms with Crippen molar-refractivity contribution in [1.29, 1.82) is 0 Å². The highest BCUT2D eigenvalue weighted by Crippen LogP contribution is 2.27. The van der Waals surface area contributed by atoms with Crippen LogP contribution in [-0.2, 0) is 5.41 Å². The van der Waals surface area contributed by atoms with Crippen LogP contribution in [0.5, 0.6) is 17.4 Å². The third-order valence-electron chi connectivity index (χ3n) is 2.86. The molecule has 1 aromatic carbocycles. The van der Waals surface area contributed by atoms with Gasteiger partial charge in [0.25, 0.3) is 0 Å². The zero-order chi connectivity index (χ0) is 14.0. The quantitative estimate of drug-likeness (QED) is 0.877. The molecule has 100 valence electrons. The molecule has 0 amide bonds. The van der Waals surface area contributed by atoms with Gasteiger partial charge in [-0.1, -0.05) is 26.8 Å². The third kappa shape index (κ3) is 3.47. The van der Waals surface area contributed by atoms with Crippen LogP contribution in [0.4, 0.5) is 0 Å². The summed E-state index contributed by atoms with van der Waals surface area (Å²) in [6.45, 7) is 8.33. The molecule has 3 nitrogen and oxygen atoms in total. The van der Waals surface area contributed by atoms with Crippen LogP contribution in [0, 0.1) is 6.92 Å². The largest absolute Gasteiger partial charge is 0.508 e. The fraction of sp³-hybridized carbons (Fsp3) is 0.312. The SMILES string of the molecule is Cc1cc(O)cc(Oc2ccc(C(C)(C)C)cn2)c1. The number of benzene rings is 1. The van der Waals surface area contributed by atoms with Crippen molar-refractivity contribution in [3.8, 4) is 17.4 Å². The van der Waals surface area contributed by atoms with Gasteiger partial charge >= 0.3 is 0 Å². The van der Waals surface area contributed by atoms with Crippen LogP contribution in [0.1, 0.15) is 31.9 Å². The lowest BCUT2D eigenvalue weighted by atomic mass is 9.88. The predicted octanol–water partition coefficient (Wildman–Crippen LogP) is 4.19. The molecule has 0 fully saturated rings. The molecule has 0 saturated heterocycles. The molecule has 0 aliphatic heterocycles. The van der Waals surface area contributed by atoms with Gasteiger partial charge < -0.3 is 9.84 Å². The van der Waals surface area contributed by atoms with Gasteiger partial charge in [0.2, 0.25) is 5.88 Å². The second-order valence-electron chi connectivity index (χ2n) is 5.74. The summed E-state index contributed by atoms with van der Waals surface area (Å²) in [6.07, 6.45) is 1.82. The van der Waals surface area contributed by atoms with Crippen molar-refractivity contribution in [3.05, 3.63) is 47.7 Å². The topological polar surface area (TPSA) is 42.4 Å². The zero-order valence-electron chi connectivity index (χ0n) is 11.8. The van der Waals surface area contributed by atoms with Crippen molar-refractivity contribution in [2.24, 2.45) is 0 Å². The van der Waals surface area contributed by atoms with E-state index in [1.54, 1.807) is 12.1 Å². The highest BCUT2D eigenvalue weighted by atomic mass is 16.5. The standard InChI is InChI=1S/C16H19NO2/c1-11-7-13(18)9-14(8-11)19-15-6-5-12(10-17-15)16(2,3)4/h5-10,18H,1-4H3. The van der Waals surface area contributed by atoms with Crippen molar-refractivity contribution in [2.75, 3.05) is 0 Å². The maximum Gasteiger partial charge on any atom is 0.219 e. The summed E-state index contributed by atoms with van der Waals surface area (Å²) in [6, 6.07) is 8.98. The molecular weight excluding hydrogens is 238 g/mol. The van der Waals surface area contributed by atoms with Crippen LogP contribution in [0.3, 0.4) is 0 Å². The van der Waals surface area contributed by atoms with E-state index in [1.165, 1.54) is 0 Å². The lowest BCUT2D eigenvalue weighted by Crippen LogP contribution is -2.11. The Morgan fingerprint density at radius 2 is 1.84 bits per heavy atom. The summed E-state index contributed by atoms with van der Waals surface area (Å²) < 4.78 is 5.64. The minimum absolute atomic E-state index is 0.0765. The summed E-state index contributed by atoms with van der Waals surface area (Å²) in [5, 5.41) is 9.52. The number of rotatable bonds is 2. The number of aryl methyl sites for hydroxylation is 1. The average molecular weight is 257 g/mol. The van der Waals surface area contributed by atoms with Gasteiger partial charge in [0.1, 0.15) is 11.5 Å². The monoisotopic (exact) mass is 257 g/mol. The van der Waals surface area contributed by atoms with Crippen LogP contribution in [0.15, 0.2) is 36.5 Å². The normalized spacial score (nSPS) is 11.4. The van der Waals surface area contributed by atoms with Gasteiger partial charge in [-0.05, 0) is 35.6 Å². The number of hydrogen-bond donors (Lipinski definition) is 1. The average Bonchev–Trinajstić information content (AvgIpc) is 2.26. The molecule has 0 unspecified atom stereocenters. The molecule has 3 heteroatoms. The smallest absolute Gasteiger partial charge is 0.219 e. The lowest BCUT2D eigenvalue weighted by molar-refractivity contribution is 0.444. The second-order valence-corrected chi connectivity index (χ2v) is 5.74. The molecule has 1 aromatic heterocycles. The second kappa shape index (κ2) is 4.92. The van der Waals surface area contributed by atoms with Crippen LogP contribution in [0.25, 0.3) is 0 Å². The maximum atomic E-state index is 9.52. The summed E-state index contributed by atoms with van der Waals surface area (Å²) in [4.78, 5) is 4.30. The number of ether oxygens (including phenoxy) is 1. The number of nitrogens with zero attached hydrogens (tertiary/aromatic N) is 1. The number of phenolic OH excluding ortho intramolecular Hbond substituents is 1. The van der Waals surface area contributed by atoms with Crippen molar-refractivity contribution in [3.63, 3.8) is 0 Å². The van der Waals surface area contributed by atoms with Crippen LogP contribution < -0.4 is 4.74 Å². The highest BCUT2D eigenvalue weighted by Gasteiger charge is 2.14. The molecule has 0 spiro atoms. The molecule has 1 heterocycles. The summed E-state index contributed by atoms with van der Waals surface area (Å²) in [7, 11) is 0. The molecule has 1 N–H and O–H groups in total. The van der Waals surface area contributed by atoms with Gasteiger partial charge in [0, 0.05) is 18.3 Å². The Hall–Kier alpha value is -2.03. The van der Waals surface area contributed by atoms with Crippen molar-refractivity contribution < 1.29 is 9.84 Å². The first-order valence-electron chi connectivity index (χ1n) is 6.30. The van der Waals surface area contributed by atoms with Crippen LogP contribution in [0.2, 0.25) is 0 Å². The number of hydrogen-bond acceptors (Lipinski definition) is 3. The first kappa shape index (κ1) is 13.4. The van der Waals surface area contributed by atoms with Crippen molar-refractivity contribution in [1.82, 2.24) is 4.98 Å². The Morgan fingerprint density at radius 1 is 1.11 bits per heavy atom. The molecule has 0 bridgehead atoms. The van der Waals surface area contributed by atoms with Gasteiger partial charge in [0.05, 0.1) is 0 Å². The van der Waals surface area contributed by atoms with Gasteiger partial charge in [-0.3, -0.25) is 0 Å². The van der Waals surface area contributed by atoms with Gasteiger partial charge in [-0.25, -0.2) is 4.98 Å². The van der Waals surface area contributed by atoms with Crippen LogP contribution >= 0.6 is 0 Å². The summed E-state index contributed by atoms with van der Waals surface area (Å²) in [5.74, 6) is 1.31. The molecule has 0 aliphatic carbocycles. The van der Waals surface area contributed by atoms with Gasteiger partial charge in [0.15, 0.2) is 0 Å². The van der Waals surface area contributed by atoms with Crippen molar-refractivity contribution in [2.45, 2.75) is 33.1 Å². The van der Waals surface area contributed by atoms with E-state index < -0.39 is 0 Å². The first-order chi connectivity index (χ1) is 8.84. The van der Waals surface area contributed by atoms with E-state index in [4.69, 9.17) is 4.74 Å². The van der Waals surface area contributed by atoms with E-state index in [0.717, 1.165) is 11.1 Å². The minimum atomic E-state index is 0.0765. The molecule has 2 rings (SSSR count). The molecule has 0 saturated carbocycles. The number of aromatic hydroxyl groups is 1. The van der Waals surface area contributed by atoms with Gasteiger partial charge in [-0.2, -0.15) is 0 Å². The maximum absolute atomic E-state index is 9.52. The third-order valence-corrected chi connectivity index (χ3v) is 2.86. The highest BCUT2D eigenvalue weighted by molar-refractivity contribution is 5.38. The molecule has 19 heavy (non-hydrogen) atoms. The van der Waals surface area contributed by atoms with E-state index in [1.807, 2.05) is 31.3 Å². The van der Waals surface area contributed by atoms with E-state index in [0.29, 0.717) is 11.6 Å². The molecular formula is C16H19NO2. The Balaban J connectivity index is 2.20. The number of pyridine rings is 1. The molecule has 0 atom stereocenters. The minimum Gasteiger partial charge on any atom is -0.508 e. The molecule has 2 aromatic rings. The summed E-state index contributed by atoms with van der Waals surface area (Å²) >= 11 is 0. The Labute approximate surface area is 113 Å². The number of phenols is 1. The van der Waals surface area contributed by atoms with Crippen molar-refractivity contribution >= 4 is 0 Å². The predicted molar refractivity (Wildman–Crippen MR) is 75.9 cm³/mol. The van der Waals surface area contributed by atoms with Gasteiger partial charge in [-0.15, -0.1) is 0 Å². The first-order valence-corrected chi connectivity index (χ1v) is 6.30. The van der Waals surface area contributed by atoms with E-state index in [2.05, 4.69) is 25.8 Å². The fourth-order valence-electron chi connectivity index (χ4n) is 1.79. The van der Waals surface area contributed by atoms with E-state index in [9.17, 15) is 5.11 Å². The Morgan fingerprint density at radius 3 is 2.37 bits per heavy atom. The van der Waals surface area contributed by atoms with Crippen LogP contribution in [-0.4, -0.2) is 10.1 Å². The zero-order valence-corrected chi connectivity index (χ0v) is 11.8.